The molecule has 0 fully saturated rings. The number of benzene rings is 2. The number of fused-ring (bicyclic) bond motifs is 5. The summed E-state index contributed by atoms with van der Waals surface area (Å²) in [6.07, 6.45) is 1.65. The number of carbonyl (C=O) groups is 1. The van der Waals surface area contributed by atoms with E-state index in [0.29, 0.717) is 28.3 Å². The molecule has 1 unspecified atom stereocenters. The van der Waals surface area contributed by atoms with Crippen LogP contribution in [-0.2, 0) is 20.2 Å². The van der Waals surface area contributed by atoms with Crippen LogP contribution in [0.3, 0.4) is 0 Å². The van der Waals surface area contributed by atoms with Gasteiger partial charge in [0.25, 0.3) is 0 Å². The molecule has 0 amide bonds. The first-order valence-corrected chi connectivity index (χ1v) is 14.8. The van der Waals surface area contributed by atoms with Gasteiger partial charge in [-0.2, -0.15) is 0 Å². The fourth-order valence-electron chi connectivity index (χ4n) is 5.19. The molecule has 0 saturated carbocycles. The highest BCUT2D eigenvalue weighted by atomic mass is 31.2. The van der Waals surface area contributed by atoms with Gasteiger partial charge < -0.3 is 18.5 Å². The van der Waals surface area contributed by atoms with Crippen molar-refractivity contribution in [1.29, 1.82) is 0 Å². The molecule has 0 spiro atoms. The molecular weight excluding hydrogens is 537 g/mol. The number of nitrogens with zero attached hydrogens (tertiary/aromatic N) is 3. The summed E-state index contributed by atoms with van der Waals surface area (Å²) in [5, 5.41) is 0. The number of ether oxygens (including phenoxy) is 2. The van der Waals surface area contributed by atoms with Crippen LogP contribution in [0.4, 0.5) is 0 Å². The van der Waals surface area contributed by atoms with Crippen LogP contribution >= 0.6 is 7.60 Å². The Morgan fingerprint density at radius 3 is 2.35 bits per heavy atom. The summed E-state index contributed by atoms with van der Waals surface area (Å²) in [5.74, 6) is 0.757. The van der Waals surface area contributed by atoms with E-state index < -0.39 is 30.6 Å². The van der Waals surface area contributed by atoms with Gasteiger partial charge in [-0.05, 0) is 76.6 Å². The molecule has 2 aliphatic heterocycles. The van der Waals surface area contributed by atoms with Gasteiger partial charge in [0.1, 0.15) is 23.1 Å². The molecule has 5 rings (SSSR count). The van der Waals surface area contributed by atoms with Gasteiger partial charge in [0.05, 0.1) is 25.4 Å². The zero-order valence-corrected chi connectivity index (χ0v) is 24.0. The molecule has 1 atom stereocenters. The minimum atomic E-state index is -3.43. The SMILES string of the molecule is CCOP(=O)(COc1ccc2c(c1)OC(C)(C)C1=CCn3c(=O)n(-c4ccc(C(C)=O)cc4)c(=O)n3C12)OCC. The second-order valence-electron chi connectivity index (χ2n) is 10.0. The Hall–Kier alpha value is -3.66. The van der Waals surface area contributed by atoms with Crippen LogP contribution in [-0.4, -0.2) is 44.9 Å². The lowest BCUT2D eigenvalue weighted by atomic mass is 9.83. The second kappa shape index (κ2) is 10.4. The molecular formula is C28H32N3O8P. The number of hydrogen-bond acceptors (Lipinski definition) is 8. The average molecular weight is 570 g/mol. The molecule has 2 aliphatic rings. The van der Waals surface area contributed by atoms with Crippen LogP contribution in [0.5, 0.6) is 11.5 Å². The van der Waals surface area contributed by atoms with Gasteiger partial charge in [-0.1, -0.05) is 6.08 Å². The van der Waals surface area contributed by atoms with E-state index >= 15 is 0 Å². The summed E-state index contributed by atoms with van der Waals surface area (Å²) in [4.78, 5) is 39.0. The van der Waals surface area contributed by atoms with Gasteiger partial charge in [0.15, 0.2) is 12.1 Å². The van der Waals surface area contributed by atoms with Gasteiger partial charge >= 0.3 is 19.0 Å². The third-order valence-electron chi connectivity index (χ3n) is 7.00. The lowest BCUT2D eigenvalue weighted by Gasteiger charge is -2.42. The van der Waals surface area contributed by atoms with E-state index in [4.69, 9.17) is 18.5 Å². The zero-order chi connectivity index (χ0) is 28.8. The number of hydrogen-bond donors (Lipinski definition) is 0. The molecule has 212 valence electrons. The van der Waals surface area contributed by atoms with Gasteiger partial charge in [-0.25, -0.2) is 23.5 Å². The van der Waals surface area contributed by atoms with Gasteiger partial charge in [-0.3, -0.25) is 9.36 Å². The molecule has 3 heterocycles. The van der Waals surface area contributed by atoms with E-state index in [1.165, 1.54) is 16.3 Å². The maximum Gasteiger partial charge on any atom is 0.367 e. The number of Topliss-reactive ketones (excluding diaryl/α,β-unsaturated/α-hetero) is 1. The lowest BCUT2D eigenvalue weighted by molar-refractivity contribution is 0.101. The fourth-order valence-corrected chi connectivity index (χ4v) is 6.51. The molecule has 0 aliphatic carbocycles. The van der Waals surface area contributed by atoms with Crippen molar-refractivity contribution in [1.82, 2.24) is 13.9 Å². The first kappa shape index (κ1) is 27.9. The fraction of sp³-hybridized carbons (Fsp3) is 0.393. The summed E-state index contributed by atoms with van der Waals surface area (Å²) in [7, 11) is -3.43. The van der Waals surface area contributed by atoms with E-state index in [1.807, 2.05) is 19.9 Å². The molecule has 40 heavy (non-hydrogen) atoms. The Morgan fingerprint density at radius 2 is 1.73 bits per heavy atom. The van der Waals surface area contributed by atoms with Crippen molar-refractivity contribution in [3.8, 4) is 17.2 Å². The minimum Gasteiger partial charge on any atom is -0.483 e. The maximum absolute atomic E-state index is 13.8. The smallest absolute Gasteiger partial charge is 0.367 e. The van der Waals surface area contributed by atoms with E-state index in [9.17, 15) is 18.9 Å². The number of carbonyl (C=O) groups excluding carboxylic acids is 1. The molecule has 0 N–H and O–H groups in total. The van der Waals surface area contributed by atoms with Gasteiger partial charge in [0, 0.05) is 17.2 Å². The summed E-state index contributed by atoms with van der Waals surface area (Å²) in [5.41, 5.74) is 0.598. The summed E-state index contributed by atoms with van der Waals surface area (Å²) in [6.45, 7) is 9.35. The van der Waals surface area contributed by atoms with Crippen molar-refractivity contribution in [2.24, 2.45) is 0 Å². The third kappa shape index (κ3) is 4.78. The monoisotopic (exact) mass is 569 g/mol. The number of rotatable bonds is 9. The summed E-state index contributed by atoms with van der Waals surface area (Å²) >= 11 is 0. The summed E-state index contributed by atoms with van der Waals surface area (Å²) in [6, 6.07) is 10.9. The predicted molar refractivity (Wildman–Crippen MR) is 148 cm³/mol. The van der Waals surface area contributed by atoms with E-state index in [0.717, 1.165) is 10.1 Å². The highest BCUT2D eigenvalue weighted by Crippen LogP contribution is 2.50. The molecule has 12 heteroatoms. The number of allylic oxidation sites excluding steroid dienone is 1. The van der Waals surface area contributed by atoms with Crippen LogP contribution in [0, 0.1) is 0 Å². The largest absolute Gasteiger partial charge is 0.483 e. The summed E-state index contributed by atoms with van der Waals surface area (Å²) < 4.78 is 39.6. The lowest BCUT2D eigenvalue weighted by Crippen LogP contribution is -2.46. The average Bonchev–Trinajstić information content (AvgIpc) is 3.17. The van der Waals surface area contributed by atoms with E-state index in [-0.39, 0.29) is 31.9 Å². The molecule has 0 bridgehead atoms. The van der Waals surface area contributed by atoms with Crippen molar-refractivity contribution in [2.45, 2.75) is 52.8 Å². The topological polar surface area (TPSA) is 120 Å². The Bertz CT molecular complexity index is 1650. The normalized spacial score (nSPS) is 17.2. The second-order valence-corrected chi connectivity index (χ2v) is 12.0. The third-order valence-corrected chi connectivity index (χ3v) is 8.74. The van der Waals surface area contributed by atoms with Crippen molar-refractivity contribution < 1.29 is 27.9 Å². The van der Waals surface area contributed by atoms with Crippen molar-refractivity contribution >= 4 is 13.4 Å². The molecule has 0 radical (unpaired) electrons. The van der Waals surface area contributed by atoms with Crippen LogP contribution < -0.4 is 20.9 Å². The molecule has 2 aromatic carbocycles. The molecule has 3 aromatic rings. The standard InChI is InChI=1S/C28H32N3O8P/c1-6-37-40(35,38-7-2)17-36-21-12-13-22-24(16-21)39-28(4,5)23-14-15-29-26(33)30(27(34)31(29)25(22)23)20-10-8-19(9-11-20)18(3)32/h8-14,16,25H,6-7,15,17H2,1-5H3. The van der Waals surface area contributed by atoms with E-state index in [2.05, 4.69) is 0 Å². The first-order chi connectivity index (χ1) is 19.0. The number of aromatic nitrogens is 3. The predicted octanol–water partition coefficient (Wildman–Crippen LogP) is 4.31. The van der Waals surface area contributed by atoms with Crippen molar-refractivity contribution in [3.05, 3.63) is 86.2 Å². The van der Waals surface area contributed by atoms with Crippen molar-refractivity contribution in [2.75, 3.05) is 19.6 Å². The Labute approximate surface area is 231 Å². The first-order valence-electron chi connectivity index (χ1n) is 13.1. The number of ketones is 1. The van der Waals surface area contributed by atoms with Gasteiger partial charge in [-0.15, -0.1) is 0 Å². The van der Waals surface area contributed by atoms with Crippen LogP contribution in [0.2, 0.25) is 0 Å². The quantitative estimate of drug-likeness (QED) is 0.213. The Balaban J connectivity index is 1.56. The van der Waals surface area contributed by atoms with Crippen LogP contribution in [0.25, 0.3) is 5.69 Å². The van der Waals surface area contributed by atoms with Crippen LogP contribution in [0.15, 0.2) is 63.7 Å². The zero-order valence-electron chi connectivity index (χ0n) is 23.1. The molecule has 1 aromatic heterocycles. The Morgan fingerprint density at radius 1 is 1.05 bits per heavy atom. The Kier molecular flexibility index (Phi) is 7.24. The highest BCUT2D eigenvalue weighted by Gasteiger charge is 2.44. The van der Waals surface area contributed by atoms with E-state index in [1.54, 1.807) is 56.3 Å². The molecule has 0 saturated heterocycles. The maximum atomic E-state index is 13.8. The molecule has 11 nitrogen and oxygen atoms in total. The van der Waals surface area contributed by atoms with Crippen LogP contribution in [0.1, 0.15) is 56.6 Å². The van der Waals surface area contributed by atoms with Gasteiger partial charge in [0.2, 0.25) is 0 Å². The highest BCUT2D eigenvalue weighted by molar-refractivity contribution is 7.53. The minimum absolute atomic E-state index is 0.108. The van der Waals surface area contributed by atoms with Crippen molar-refractivity contribution in [3.63, 3.8) is 0 Å².